The van der Waals surface area contributed by atoms with Gasteiger partial charge in [-0.3, -0.25) is 14.4 Å². The fourth-order valence-corrected chi connectivity index (χ4v) is 2.22. The van der Waals surface area contributed by atoms with Crippen molar-refractivity contribution in [2.75, 3.05) is 6.61 Å². The van der Waals surface area contributed by atoms with Crippen molar-refractivity contribution >= 4 is 23.8 Å². The quantitative estimate of drug-likeness (QED) is 0.267. The predicted molar refractivity (Wildman–Crippen MR) is 93.6 cm³/mol. The van der Waals surface area contributed by atoms with Crippen LogP contribution in [0.4, 0.5) is 0 Å². The van der Waals surface area contributed by atoms with Gasteiger partial charge in [0.05, 0.1) is 6.61 Å². The number of aliphatic carboxylic acids is 2. The highest BCUT2D eigenvalue weighted by Crippen LogP contribution is 2.05. The van der Waals surface area contributed by atoms with Crippen molar-refractivity contribution in [1.82, 2.24) is 10.6 Å². The second-order valence-corrected chi connectivity index (χ2v) is 5.87. The molecule has 7 N–H and O–H groups in total. The molecule has 0 aliphatic heterocycles. The number of nitrogens with one attached hydrogen (secondary N) is 2. The summed E-state index contributed by atoms with van der Waals surface area (Å²) in [6.07, 6.45) is -0.677. The zero-order chi connectivity index (χ0) is 20.4. The first-order chi connectivity index (χ1) is 12.7. The summed E-state index contributed by atoms with van der Waals surface area (Å²) in [5, 5.41) is 31.6. The van der Waals surface area contributed by atoms with E-state index in [9.17, 15) is 24.3 Å². The fraction of sp³-hybridized carbons (Fsp3) is 0.412. The third-order valence-electron chi connectivity index (χ3n) is 3.71. The lowest BCUT2D eigenvalue weighted by Gasteiger charge is -2.22. The molecule has 0 radical (unpaired) electrons. The second kappa shape index (κ2) is 10.9. The number of carboxylic acids is 2. The lowest BCUT2D eigenvalue weighted by molar-refractivity contribution is -0.143. The second-order valence-electron chi connectivity index (χ2n) is 5.87. The largest absolute Gasteiger partial charge is 0.481 e. The van der Waals surface area contributed by atoms with E-state index in [1.54, 1.807) is 30.3 Å². The van der Waals surface area contributed by atoms with Crippen LogP contribution >= 0.6 is 0 Å². The molecule has 10 nitrogen and oxygen atoms in total. The van der Waals surface area contributed by atoms with Crippen LogP contribution in [0.25, 0.3) is 0 Å². The molecule has 2 amide bonds. The Hall–Kier alpha value is -2.98. The number of hydrogen-bond acceptors (Lipinski definition) is 6. The number of rotatable bonds is 11. The number of carboxylic acid groups (broad SMARTS) is 2. The molecule has 0 spiro atoms. The molecule has 1 rings (SSSR count). The first-order valence-electron chi connectivity index (χ1n) is 8.20. The van der Waals surface area contributed by atoms with Gasteiger partial charge in [0.15, 0.2) is 0 Å². The van der Waals surface area contributed by atoms with Crippen molar-refractivity contribution < 1.29 is 34.5 Å². The maximum atomic E-state index is 12.4. The lowest BCUT2D eigenvalue weighted by atomic mass is 10.0. The van der Waals surface area contributed by atoms with E-state index in [4.69, 9.17) is 15.9 Å². The summed E-state index contributed by atoms with van der Waals surface area (Å²) >= 11 is 0. The van der Waals surface area contributed by atoms with Crippen molar-refractivity contribution in [3.63, 3.8) is 0 Å². The molecule has 1 aromatic carbocycles. The molecular weight excluding hydrogens is 358 g/mol. The van der Waals surface area contributed by atoms with Gasteiger partial charge in [0, 0.05) is 12.8 Å². The van der Waals surface area contributed by atoms with Crippen molar-refractivity contribution in [2.45, 2.75) is 37.4 Å². The Labute approximate surface area is 155 Å². The van der Waals surface area contributed by atoms with E-state index in [0.29, 0.717) is 5.56 Å². The number of benzene rings is 1. The normalized spacial score (nSPS) is 13.9. The summed E-state index contributed by atoms with van der Waals surface area (Å²) in [6, 6.07) is 4.76. The number of nitrogens with two attached hydrogens (primary N) is 1. The maximum Gasteiger partial charge on any atom is 0.326 e. The number of aliphatic hydroxyl groups is 1. The summed E-state index contributed by atoms with van der Waals surface area (Å²) in [4.78, 5) is 46.5. The van der Waals surface area contributed by atoms with Gasteiger partial charge < -0.3 is 31.7 Å². The van der Waals surface area contributed by atoms with Gasteiger partial charge in [-0.15, -0.1) is 0 Å². The molecule has 0 bridgehead atoms. The van der Waals surface area contributed by atoms with Crippen LogP contribution < -0.4 is 16.4 Å². The summed E-state index contributed by atoms with van der Waals surface area (Å²) in [5.41, 5.74) is 6.05. The van der Waals surface area contributed by atoms with Gasteiger partial charge in [-0.2, -0.15) is 0 Å². The van der Waals surface area contributed by atoms with Gasteiger partial charge in [-0.05, 0) is 12.0 Å². The van der Waals surface area contributed by atoms with Gasteiger partial charge in [-0.25, -0.2) is 4.79 Å². The molecule has 0 aliphatic rings. The molecule has 3 atom stereocenters. The van der Waals surface area contributed by atoms with Gasteiger partial charge >= 0.3 is 11.9 Å². The van der Waals surface area contributed by atoms with E-state index in [2.05, 4.69) is 10.6 Å². The van der Waals surface area contributed by atoms with E-state index in [-0.39, 0.29) is 12.8 Å². The van der Waals surface area contributed by atoms with Crippen molar-refractivity contribution in [2.24, 2.45) is 5.73 Å². The van der Waals surface area contributed by atoms with E-state index >= 15 is 0 Å². The van der Waals surface area contributed by atoms with Crippen LogP contribution in [0.1, 0.15) is 18.4 Å². The summed E-state index contributed by atoms with van der Waals surface area (Å²) in [6.45, 7) is -0.662. The maximum absolute atomic E-state index is 12.4. The molecule has 148 valence electrons. The fourth-order valence-electron chi connectivity index (χ4n) is 2.22. The van der Waals surface area contributed by atoms with E-state index < -0.39 is 54.9 Å². The van der Waals surface area contributed by atoms with Gasteiger partial charge in [0.1, 0.15) is 18.1 Å². The smallest absolute Gasteiger partial charge is 0.326 e. The highest BCUT2D eigenvalue weighted by atomic mass is 16.4. The Morgan fingerprint density at radius 1 is 0.963 bits per heavy atom. The van der Waals surface area contributed by atoms with E-state index in [1.165, 1.54) is 0 Å². The van der Waals surface area contributed by atoms with E-state index in [1.807, 2.05) is 0 Å². The van der Waals surface area contributed by atoms with Crippen molar-refractivity contribution in [1.29, 1.82) is 0 Å². The van der Waals surface area contributed by atoms with Crippen LogP contribution in [-0.4, -0.2) is 63.8 Å². The van der Waals surface area contributed by atoms with Crippen molar-refractivity contribution in [3.05, 3.63) is 35.9 Å². The Kier molecular flexibility index (Phi) is 8.90. The first kappa shape index (κ1) is 22.1. The molecular formula is C17H23N3O7. The Morgan fingerprint density at radius 3 is 2.07 bits per heavy atom. The number of aliphatic hydroxyl groups excluding tert-OH is 1. The van der Waals surface area contributed by atoms with Crippen LogP contribution in [0.2, 0.25) is 0 Å². The number of carbonyl (C=O) groups excluding carboxylic acids is 2. The van der Waals surface area contributed by atoms with Crippen LogP contribution in [0, 0.1) is 0 Å². The Bertz CT molecular complexity index is 666. The molecule has 10 heteroatoms. The molecule has 0 heterocycles. The average Bonchev–Trinajstić information content (AvgIpc) is 2.64. The molecule has 0 saturated carbocycles. The molecule has 0 unspecified atom stereocenters. The van der Waals surface area contributed by atoms with Gasteiger partial charge in [-0.1, -0.05) is 30.3 Å². The summed E-state index contributed by atoms with van der Waals surface area (Å²) in [7, 11) is 0. The molecule has 0 aliphatic carbocycles. The zero-order valence-electron chi connectivity index (χ0n) is 14.5. The summed E-state index contributed by atoms with van der Waals surface area (Å²) in [5.74, 6) is -4.16. The third-order valence-corrected chi connectivity index (χ3v) is 3.71. The van der Waals surface area contributed by atoms with Gasteiger partial charge in [0.25, 0.3) is 0 Å². The SMILES string of the molecule is N[C@H](CO)C(=O)N[C@H](CCC(=O)O)C(=O)N[C@@H](Cc1ccccc1)C(=O)O. The Morgan fingerprint density at radius 2 is 1.56 bits per heavy atom. The molecule has 0 fully saturated rings. The lowest BCUT2D eigenvalue weighted by Crippen LogP contribution is -2.55. The van der Waals surface area contributed by atoms with Crippen LogP contribution in [0.3, 0.4) is 0 Å². The van der Waals surface area contributed by atoms with Crippen LogP contribution in [-0.2, 0) is 25.6 Å². The number of hydrogen-bond donors (Lipinski definition) is 6. The average molecular weight is 381 g/mol. The predicted octanol–water partition coefficient (Wildman–Crippen LogP) is -1.53. The van der Waals surface area contributed by atoms with Crippen LogP contribution in [0.15, 0.2) is 30.3 Å². The minimum atomic E-state index is -1.30. The van der Waals surface area contributed by atoms with E-state index in [0.717, 1.165) is 0 Å². The Balaban J connectivity index is 2.85. The highest BCUT2D eigenvalue weighted by molar-refractivity contribution is 5.92. The van der Waals surface area contributed by atoms with Crippen molar-refractivity contribution in [3.8, 4) is 0 Å². The molecule has 0 aromatic heterocycles. The van der Waals surface area contributed by atoms with Gasteiger partial charge in [0.2, 0.25) is 11.8 Å². The molecule has 0 saturated heterocycles. The highest BCUT2D eigenvalue weighted by Gasteiger charge is 2.28. The topological polar surface area (TPSA) is 179 Å². The van der Waals surface area contributed by atoms with Crippen LogP contribution in [0.5, 0.6) is 0 Å². The first-order valence-corrected chi connectivity index (χ1v) is 8.20. The zero-order valence-corrected chi connectivity index (χ0v) is 14.5. The molecule has 1 aromatic rings. The molecule has 27 heavy (non-hydrogen) atoms. The summed E-state index contributed by atoms with van der Waals surface area (Å²) < 4.78 is 0. The third kappa shape index (κ3) is 7.84. The number of amides is 2. The monoisotopic (exact) mass is 381 g/mol. The minimum absolute atomic E-state index is 0.0116. The minimum Gasteiger partial charge on any atom is -0.481 e. The number of carbonyl (C=O) groups is 4. The standard InChI is InChI=1S/C17H23N3O7/c18-11(9-21)15(24)19-12(6-7-14(22)23)16(25)20-13(17(26)27)8-10-4-2-1-3-5-10/h1-5,11-13,21H,6-9,18H2,(H,19,24)(H,20,25)(H,22,23)(H,26,27)/t11-,12-,13+/m1/s1.